The van der Waals surface area contributed by atoms with Crippen LogP contribution in [0.5, 0.6) is 0 Å². The maximum atomic E-state index is 11.8. The minimum atomic E-state index is -0.212. The Balaban J connectivity index is 1.96. The molecule has 0 spiro atoms. The summed E-state index contributed by atoms with van der Waals surface area (Å²) in [7, 11) is 0. The van der Waals surface area contributed by atoms with E-state index in [1.807, 2.05) is 6.92 Å². The van der Waals surface area contributed by atoms with E-state index in [0.717, 1.165) is 11.0 Å². The smallest absolute Gasteiger partial charge is 0.290 e. The van der Waals surface area contributed by atoms with E-state index in [9.17, 15) is 4.79 Å². The van der Waals surface area contributed by atoms with E-state index in [1.165, 1.54) is 0 Å². The number of hydrogen-bond donors (Lipinski definition) is 1. The number of nitriles is 1. The summed E-state index contributed by atoms with van der Waals surface area (Å²) >= 11 is 0. The second kappa shape index (κ2) is 4.78. The van der Waals surface area contributed by atoms with Gasteiger partial charge in [-0.1, -0.05) is 0 Å². The van der Waals surface area contributed by atoms with Crippen molar-refractivity contribution < 1.29 is 0 Å². The van der Waals surface area contributed by atoms with Gasteiger partial charge in [0, 0.05) is 6.54 Å². The molecule has 0 amide bonds. The first-order valence-corrected chi connectivity index (χ1v) is 7.04. The Labute approximate surface area is 129 Å². The first-order chi connectivity index (χ1) is 11.2. The van der Waals surface area contributed by atoms with Gasteiger partial charge in [0.15, 0.2) is 5.65 Å². The van der Waals surface area contributed by atoms with Crippen molar-refractivity contribution in [2.24, 2.45) is 0 Å². The fourth-order valence-electron chi connectivity index (χ4n) is 2.60. The number of H-pyrrole nitrogens is 1. The highest BCUT2D eigenvalue weighted by molar-refractivity contribution is 5.79. The molecule has 0 aliphatic rings. The summed E-state index contributed by atoms with van der Waals surface area (Å²) in [6.07, 6.45) is 3.21. The second-order valence-electron chi connectivity index (χ2n) is 5.01. The monoisotopic (exact) mass is 305 g/mol. The van der Waals surface area contributed by atoms with Crippen molar-refractivity contribution in [2.45, 2.75) is 13.5 Å². The lowest BCUT2D eigenvalue weighted by Crippen LogP contribution is -2.14. The predicted octanol–water partition coefficient (Wildman–Crippen LogP) is 1.35. The van der Waals surface area contributed by atoms with Crippen LogP contribution < -0.4 is 5.69 Å². The van der Waals surface area contributed by atoms with Gasteiger partial charge in [0.1, 0.15) is 11.8 Å². The van der Waals surface area contributed by atoms with Gasteiger partial charge in [-0.25, -0.2) is 14.8 Å². The number of fused-ring (bicyclic) bond motifs is 2. The molecule has 0 aliphatic heterocycles. The van der Waals surface area contributed by atoms with Crippen LogP contribution in [0.3, 0.4) is 0 Å². The molecule has 112 valence electrons. The minimum Gasteiger partial charge on any atom is -0.290 e. The molecule has 8 heteroatoms. The molecule has 4 rings (SSSR count). The zero-order valence-electron chi connectivity index (χ0n) is 12.2. The van der Waals surface area contributed by atoms with Crippen molar-refractivity contribution in [3.05, 3.63) is 46.8 Å². The van der Waals surface area contributed by atoms with E-state index < -0.39 is 0 Å². The molecule has 0 aliphatic carbocycles. The molecule has 1 aromatic carbocycles. The van der Waals surface area contributed by atoms with Gasteiger partial charge in [-0.3, -0.25) is 14.1 Å². The molecule has 4 aromatic rings. The van der Waals surface area contributed by atoms with Crippen LogP contribution in [0.2, 0.25) is 0 Å². The first-order valence-electron chi connectivity index (χ1n) is 7.04. The van der Waals surface area contributed by atoms with Crippen molar-refractivity contribution in [3.8, 4) is 12.0 Å². The fourth-order valence-corrected chi connectivity index (χ4v) is 2.60. The Bertz CT molecular complexity index is 1140. The van der Waals surface area contributed by atoms with Gasteiger partial charge in [0.25, 0.3) is 0 Å². The average Bonchev–Trinajstić information content (AvgIpc) is 3.13. The van der Waals surface area contributed by atoms with Crippen LogP contribution in [0.1, 0.15) is 12.5 Å². The second-order valence-corrected chi connectivity index (χ2v) is 5.01. The number of aryl methyl sites for hydroxylation is 1. The van der Waals surface area contributed by atoms with Crippen molar-refractivity contribution in [1.82, 2.24) is 29.1 Å². The molecule has 3 heterocycles. The Kier molecular flexibility index (Phi) is 2.74. The highest BCUT2D eigenvalue weighted by Gasteiger charge is 2.12. The number of benzene rings is 1. The summed E-state index contributed by atoms with van der Waals surface area (Å²) in [4.78, 5) is 27.6. The number of aromatic amines is 1. The minimum absolute atomic E-state index is 0.212. The third kappa shape index (κ3) is 1.91. The summed E-state index contributed by atoms with van der Waals surface area (Å²) in [6, 6.07) is 7.32. The van der Waals surface area contributed by atoms with Gasteiger partial charge in [0.2, 0.25) is 5.95 Å². The molecule has 0 bridgehead atoms. The van der Waals surface area contributed by atoms with Gasteiger partial charge < -0.3 is 0 Å². The molecular weight excluding hydrogens is 294 g/mol. The number of imidazole rings is 2. The Morgan fingerprint density at radius 2 is 2.17 bits per heavy atom. The lowest BCUT2D eigenvalue weighted by atomic mass is 10.2. The molecule has 0 saturated carbocycles. The summed E-state index contributed by atoms with van der Waals surface area (Å²) in [5.74, 6) is 0.389. The van der Waals surface area contributed by atoms with E-state index >= 15 is 0 Å². The van der Waals surface area contributed by atoms with Crippen LogP contribution >= 0.6 is 0 Å². The summed E-state index contributed by atoms with van der Waals surface area (Å²) in [5, 5.41) is 9.04. The van der Waals surface area contributed by atoms with Crippen molar-refractivity contribution >= 4 is 22.2 Å². The standard InChI is InChI=1S/C15H11N7O/c1-2-21-12-7-17-14(19-13(12)20-15(21)23)22-8-18-10-4-3-9(6-16)5-11(10)22/h3-5,7-8H,2H2,1H3,(H,17,19,20,23). The number of aromatic nitrogens is 6. The van der Waals surface area contributed by atoms with E-state index in [1.54, 1.807) is 39.9 Å². The summed E-state index contributed by atoms with van der Waals surface area (Å²) in [5.41, 5.74) is 2.93. The molecule has 23 heavy (non-hydrogen) atoms. The van der Waals surface area contributed by atoms with E-state index in [4.69, 9.17) is 5.26 Å². The molecule has 0 saturated heterocycles. The topological polar surface area (TPSA) is 105 Å². The zero-order chi connectivity index (χ0) is 16.0. The van der Waals surface area contributed by atoms with Crippen molar-refractivity contribution in [3.63, 3.8) is 0 Å². The van der Waals surface area contributed by atoms with E-state index in [2.05, 4.69) is 26.0 Å². The lowest BCUT2D eigenvalue weighted by Gasteiger charge is -2.03. The third-order valence-corrected chi connectivity index (χ3v) is 3.73. The van der Waals surface area contributed by atoms with Gasteiger partial charge in [0.05, 0.1) is 28.9 Å². The maximum Gasteiger partial charge on any atom is 0.327 e. The molecule has 0 atom stereocenters. The maximum absolute atomic E-state index is 11.8. The molecule has 3 aromatic heterocycles. The lowest BCUT2D eigenvalue weighted by molar-refractivity contribution is 0.752. The van der Waals surface area contributed by atoms with Crippen LogP contribution in [0.4, 0.5) is 0 Å². The fraction of sp³-hybridized carbons (Fsp3) is 0.133. The summed E-state index contributed by atoms with van der Waals surface area (Å²) < 4.78 is 3.26. The highest BCUT2D eigenvalue weighted by Crippen LogP contribution is 2.18. The highest BCUT2D eigenvalue weighted by atomic mass is 16.1. The summed E-state index contributed by atoms with van der Waals surface area (Å²) in [6.45, 7) is 2.43. The number of rotatable bonds is 2. The van der Waals surface area contributed by atoms with Crippen molar-refractivity contribution in [1.29, 1.82) is 5.26 Å². The van der Waals surface area contributed by atoms with Gasteiger partial charge in [-0.15, -0.1) is 0 Å². The Morgan fingerprint density at radius 3 is 2.96 bits per heavy atom. The van der Waals surface area contributed by atoms with Crippen LogP contribution in [0, 0.1) is 11.3 Å². The van der Waals surface area contributed by atoms with Crippen LogP contribution in [-0.4, -0.2) is 29.1 Å². The van der Waals surface area contributed by atoms with Crippen molar-refractivity contribution in [2.75, 3.05) is 0 Å². The number of hydrogen-bond acceptors (Lipinski definition) is 5. The molecule has 0 radical (unpaired) electrons. The first kappa shape index (κ1) is 13.2. The largest absolute Gasteiger partial charge is 0.327 e. The number of nitrogens with zero attached hydrogens (tertiary/aromatic N) is 6. The normalized spacial score (nSPS) is 11.1. The van der Waals surface area contributed by atoms with Gasteiger partial charge in [-0.2, -0.15) is 10.2 Å². The van der Waals surface area contributed by atoms with E-state index in [-0.39, 0.29) is 5.69 Å². The van der Waals surface area contributed by atoms with Crippen LogP contribution in [-0.2, 0) is 6.54 Å². The SMILES string of the molecule is CCn1c(=O)[nH]c2nc(-n3cnc4ccc(C#N)cc43)ncc21. The quantitative estimate of drug-likeness (QED) is 0.602. The molecule has 0 unspecified atom stereocenters. The van der Waals surface area contributed by atoms with Crippen LogP contribution in [0.25, 0.3) is 28.1 Å². The zero-order valence-corrected chi connectivity index (χ0v) is 12.2. The molecule has 0 fully saturated rings. The van der Waals surface area contributed by atoms with Gasteiger partial charge >= 0.3 is 5.69 Å². The average molecular weight is 305 g/mol. The van der Waals surface area contributed by atoms with E-state index in [0.29, 0.717) is 29.2 Å². The molecular formula is C15H11N7O. The Morgan fingerprint density at radius 1 is 1.30 bits per heavy atom. The third-order valence-electron chi connectivity index (χ3n) is 3.73. The molecule has 1 N–H and O–H groups in total. The predicted molar refractivity (Wildman–Crippen MR) is 83.2 cm³/mol. The number of nitrogens with one attached hydrogen (secondary N) is 1. The van der Waals surface area contributed by atoms with Crippen LogP contribution in [0.15, 0.2) is 35.5 Å². The Hall–Kier alpha value is -3.47. The van der Waals surface area contributed by atoms with Gasteiger partial charge in [-0.05, 0) is 25.1 Å². The molecule has 8 nitrogen and oxygen atoms in total.